The molecule has 0 amide bonds. The molecule has 4 nitrogen and oxygen atoms in total. The number of aliphatic hydroxyl groups is 3. The molecule has 0 spiro atoms. The summed E-state index contributed by atoms with van der Waals surface area (Å²) in [5, 5.41) is 30.8. The molecule has 5 aliphatic rings. The Bertz CT molecular complexity index is 673. The van der Waals surface area contributed by atoms with E-state index >= 15 is 0 Å². The quantitative estimate of drug-likeness (QED) is 0.540. The molecule has 5 fully saturated rings. The van der Waals surface area contributed by atoms with Gasteiger partial charge in [0.2, 0.25) is 0 Å². The number of hydrogen-bond acceptors (Lipinski definition) is 6. The van der Waals surface area contributed by atoms with E-state index in [2.05, 4.69) is 13.8 Å². The molecule has 29 heavy (non-hydrogen) atoms. The van der Waals surface area contributed by atoms with Gasteiger partial charge in [0.1, 0.15) is 5.78 Å². The van der Waals surface area contributed by atoms with Crippen molar-refractivity contribution in [2.24, 2.45) is 40.4 Å². The summed E-state index contributed by atoms with van der Waals surface area (Å²) in [4.78, 5) is 13.6. The molecule has 1 aliphatic heterocycles. The molecular formula is C23H36O4S2. The van der Waals surface area contributed by atoms with Crippen molar-refractivity contribution in [3.05, 3.63) is 0 Å². The second-order valence-corrected chi connectivity index (χ2v) is 13.7. The van der Waals surface area contributed by atoms with E-state index in [0.717, 1.165) is 38.5 Å². The van der Waals surface area contributed by atoms with Crippen LogP contribution in [0.2, 0.25) is 0 Å². The van der Waals surface area contributed by atoms with Gasteiger partial charge in [0.05, 0.1) is 23.6 Å². The number of fused-ring (bicyclic) bond motifs is 5. The topological polar surface area (TPSA) is 77.8 Å². The highest BCUT2D eigenvalue weighted by atomic mass is 33.1. The highest BCUT2D eigenvalue weighted by molar-refractivity contribution is 8.77. The average Bonchev–Trinajstić information content (AvgIpc) is 2.96. The van der Waals surface area contributed by atoms with E-state index in [1.807, 2.05) is 0 Å². The summed E-state index contributed by atoms with van der Waals surface area (Å²) in [5.41, 5.74) is 0.0618. The third-order valence-electron chi connectivity index (χ3n) is 9.98. The van der Waals surface area contributed by atoms with Gasteiger partial charge in [-0.05, 0) is 80.5 Å². The first-order valence-electron chi connectivity index (χ1n) is 11.6. The van der Waals surface area contributed by atoms with E-state index in [1.165, 1.54) is 12.8 Å². The van der Waals surface area contributed by atoms with E-state index in [1.54, 1.807) is 21.6 Å². The van der Waals surface area contributed by atoms with Gasteiger partial charge in [0, 0.05) is 17.1 Å². The molecule has 11 atom stereocenters. The van der Waals surface area contributed by atoms with Gasteiger partial charge in [-0.25, -0.2) is 0 Å². The van der Waals surface area contributed by atoms with Crippen LogP contribution in [0.1, 0.15) is 65.2 Å². The van der Waals surface area contributed by atoms with Gasteiger partial charge < -0.3 is 15.3 Å². The fourth-order valence-electron chi connectivity index (χ4n) is 8.25. The summed E-state index contributed by atoms with van der Waals surface area (Å²) in [6.07, 6.45) is 6.77. The Morgan fingerprint density at radius 1 is 0.966 bits per heavy atom. The number of Topliss-reactive ketones (excluding diaryl/α,β-unsaturated/α-hetero) is 1. The first-order valence-corrected chi connectivity index (χ1v) is 14.0. The first kappa shape index (κ1) is 21.1. The lowest BCUT2D eigenvalue weighted by atomic mass is 9.45. The SMILES string of the molecule is C[C@]12CC[C@@H](O)CC1CCC1C2CC[C@]2(C)C(=O)C(C3SSC[C@H](O)[C@H]3O)CC12. The molecule has 6 unspecified atom stereocenters. The van der Waals surface area contributed by atoms with Crippen LogP contribution in [0.15, 0.2) is 0 Å². The van der Waals surface area contributed by atoms with Crippen molar-refractivity contribution in [3.63, 3.8) is 0 Å². The molecule has 0 aromatic rings. The zero-order valence-electron chi connectivity index (χ0n) is 17.6. The molecule has 4 aliphatic carbocycles. The highest BCUT2D eigenvalue weighted by Crippen LogP contribution is 2.67. The lowest BCUT2D eigenvalue weighted by Crippen LogP contribution is -2.54. The largest absolute Gasteiger partial charge is 0.393 e. The number of carbonyl (C=O) groups excluding carboxylic acids is 1. The average molecular weight is 441 g/mol. The predicted octanol–water partition coefficient (Wildman–Crippen LogP) is 3.67. The van der Waals surface area contributed by atoms with Gasteiger partial charge in [-0.2, -0.15) is 0 Å². The van der Waals surface area contributed by atoms with Crippen LogP contribution in [0.3, 0.4) is 0 Å². The Labute approximate surface area is 182 Å². The monoisotopic (exact) mass is 440 g/mol. The van der Waals surface area contributed by atoms with Crippen molar-refractivity contribution in [1.29, 1.82) is 0 Å². The van der Waals surface area contributed by atoms with Crippen LogP contribution in [-0.2, 0) is 4.79 Å². The number of rotatable bonds is 1. The molecule has 0 aromatic carbocycles. The number of hydrogen-bond donors (Lipinski definition) is 3. The van der Waals surface area contributed by atoms with E-state index in [0.29, 0.717) is 40.6 Å². The zero-order valence-corrected chi connectivity index (χ0v) is 19.3. The van der Waals surface area contributed by atoms with Gasteiger partial charge in [-0.1, -0.05) is 35.4 Å². The van der Waals surface area contributed by atoms with Crippen LogP contribution in [0.25, 0.3) is 0 Å². The fraction of sp³-hybridized carbons (Fsp3) is 0.957. The predicted molar refractivity (Wildman–Crippen MR) is 117 cm³/mol. The minimum atomic E-state index is -0.789. The van der Waals surface area contributed by atoms with Crippen LogP contribution < -0.4 is 0 Å². The van der Waals surface area contributed by atoms with Crippen molar-refractivity contribution in [2.75, 3.05) is 5.75 Å². The zero-order chi connectivity index (χ0) is 20.6. The lowest BCUT2D eigenvalue weighted by Gasteiger charge is -2.60. The fourth-order valence-corrected chi connectivity index (χ4v) is 11.4. The van der Waals surface area contributed by atoms with Gasteiger partial charge in [-0.3, -0.25) is 4.79 Å². The van der Waals surface area contributed by atoms with Crippen LogP contribution in [0.4, 0.5) is 0 Å². The Morgan fingerprint density at radius 2 is 1.76 bits per heavy atom. The van der Waals surface area contributed by atoms with E-state index < -0.39 is 12.2 Å². The van der Waals surface area contributed by atoms with Crippen molar-refractivity contribution >= 4 is 27.4 Å². The maximum Gasteiger partial charge on any atom is 0.143 e. The smallest absolute Gasteiger partial charge is 0.143 e. The normalized spacial score (nSPS) is 57.7. The molecule has 0 radical (unpaired) electrons. The molecule has 3 N–H and O–H groups in total. The van der Waals surface area contributed by atoms with Crippen molar-refractivity contribution < 1.29 is 20.1 Å². The molecule has 0 aromatic heterocycles. The summed E-state index contributed by atoms with van der Waals surface area (Å²) < 4.78 is 0. The summed E-state index contributed by atoms with van der Waals surface area (Å²) in [6, 6.07) is 0. The van der Waals surface area contributed by atoms with E-state index in [-0.39, 0.29) is 22.7 Å². The Hall–Kier alpha value is 0.250. The number of ketones is 1. The molecular weight excluding hydrogens is 404 g/mol. The third-order valence-corrected chi connectivity index (χ3v) is 12.9. The third kappa shape index (κ3) is 3.10. The van der Waals surface area contributed by atoms with Crippen molar-refractivity contribution in [1.82, 2.24) is 0 Å². The van der Waals surface area contributed by atoms with Gasteiger partial charge >= 0.3 is 0 Å². The Morgan fingerprint density at radius 3 is 2.55 bits per heavy atom. The Kier molecular flexibility index (Phi) is 5.39. The highest BCUT2D eigenvalue weighted by Gasteiger charge is 2.63. The summed E-state index contributed by atoms with van der Waals surface area (Å²) in [6.45, 7) is 4.68. The van der Waals surface area contributed by atoms with E-state index in [9.17, 15) is 20.1 Å². The van der Waals surface area contributed by atoms with Crippen LogP contribution in [0, 0.1) is 40.4 Å². The van der Waals surface area contributed by atoms with E-state index in [4.69, 9.17) is 0 Å². The molecule has 0 bridgehead atoms. The summed E-state index contributed by atoms with van der Waals surface area (Å²) >= 11 is 0. The standard InChI is InChI=1S/C23H36O4S2/c1-22-7-5-13(24)9-12(22)3-4-14-16(22)6-8-23(2)17(14)10-15(21(23)27)20-19(26)18(25)11-28-29-20/h12-20,24-26H,3-11H2,1-2H3/t12?,13-,14?,15?,16?,17?,18+,19-,20?,22+,23+/m1/s1. The molecule has 4 saturated carbocycles. The van der Waals surface area contributed by atoms with Crippen LogP contribution in [-0.4, -0.2) is 50.4 Å². The van der Waals surface area contributed by atoms with Crippen molar-refractivity contribution in [2.45, 2.75) is 88.8 Å². The van der Waals surface area contributed by atoms with Gasteiger partial charge in [-0.15, -0.1) is 0 Å². The minimum Gasteiger partial charge on any atom is -0.393 e. The first-order chi connectivity index (χ1) is 13.8. The lowest BCUT2D eigenvalue weighted by molar-refractivity contribution is -0.143. The van der Waals surface area contributed by atoms with Crippen molar-refractivity contribution in [3.8, 4) is 0 Å². The van der Waals surface area contributed by atoms with Gasteiger partial charge in [0.25, 0.3) is 0 Å². The van der Waals surface area contributed by atoms with Crippen LogP contribution >= 0.6 is 21.6 Å². The second-order valence-electron chi connectivity index (χ2n) is 11.2. The minimum absolute atomic E-state index is 0.120. The summed E-state index contributed by atoms with van der Waals surface area (Å²) in [7, 11) is 3.23. The Balaban J connectivity index is 1.41. The van der Waals surface area contributed by atoms with Gasteiger partial charge in [0.15, 0.2) is 0 Å². The second kappa shape index (κ2) is 7.40. The molecule has 164 valence electrons. The number of carbonyl (C=O) groups is 1. The number of aliphatic hydroxyl groups excluding tert-OH is 3. The maximum atomic E-state index is 13.6. The summed E-state index contributed by atoms with van der Waals surface area (Å²) in [5.74, 6) is 3.10. The molecule has 6 heteroatoms. The molecule has 5 rings (SSSR count). The van der Waals surface area contributed by atoms with Crippen LogP contribution in [0.5, 0.6) is 0 Å². The molecule has 1 heterocycles. The molecule has 1 saturated heterocycles. The maximum absolute atomic E-state index is 13.6.